The Hall–Kier alpha value is -2.07. The number of nitrogens with zero attached hydrogens (tertiary/aromatic N) is 5. The van der Waals surface area contributed by atoms with Crippen LogP contribution in [0.15, 0.2) is 6.20 Å². The van der Waals surface area contributed by atoms with E-state index >= 15 is 0 Å². The minimum absolute atomic E-state index is 0.0280. The topological polar surface area (TPSA) is 62.9 Å². The molecule has 8 heteroatoms. The molecule has 1 aromatic heterocycles. The normalized spacial score (nSPS) is 18.5. The van der Waals surface area contributed by atoms with Crippen molar-refractivity contribution >= 4 is 29.3 Å². The molecule has 1 aliphatic rings. The lowest BCUT2D eigenvalue weighted by Gasteiger charge is -2.40. The first-order valence-electron chi connectivity index (χ1n) is 7.36. The van der Waals surface area contributed by atoms with Crippen molar-refractivity contribution in [3.8, 4) is 0 Å². The Morgan fingerprint density at radius 2 is 2.17 bits per heavy atom. The Labute approximate surface area is 141 Å². The summed E-state index contributed by atoms with van der Waals surface area (Å²) in [4.78, 5) is 27.3. The average molecular weight is 338 g/mol. The number of halogens is 1. The summed E-state index contributed by atoms with van der Waals surface area (Å²) in [6.45, 7) is 16.2. The average Bonchev–Trinajstić information content (AvgIpc) is 2.45. The van der Waals surface area contributed by atoms with E-state index in [1.54, 1.807) is 4.90 Å². The Morgan fingerprint density at radius 3 is 2.70 bits per heavy atom. The molecule has 0 N–H and O–H groups in total. The monoisotopic (exact) mass is 337 g/mol. The molecule has 0 aromatic carbocycles. The van der Waals surface area contributed by atoms with Crippen LogP contribution < -0.4 is 4.90 Å². The molecule has 23 heavy (non-hydrogen) atoms. The van der Waals surface area contributed by atoms with Crippen molar-refractivity contribution < 1.29 is 9.53 Å². The third-order valence-corrected chi connectivity index (χ3v) is 3.64. The molecule has 2 rings (SSSR count). The van der Waals surface area contributed by atoms with Crippen LogP contribution in [-0.4, -0.2) is 52.2 Å². The number of hydrogen-bond donors (Lipinski definition) is 0. The van der Waals surface area contributed by atoms with E-state index in [4.69, 9.17) is 22.9 Å². The van der Waals surface area contributed by atoms with Crippen LogP contribution in [-0.2, 0) is 4.74 Å². The van der Waals surface area contributed by atoms with Gasteiger partial charge in [-0.2, -0.15) is 0 Å². The van der Waals surface area contributed by atoms with Gasteiger partial charge in [0.1, 0.15) is 5.60 Å². The third kappa shape index (κ3) is 4.23. The Bertz CT molecular complexity index is 638. The molecule has 1 aromatic rings. The second-order valence-corrected chi connectivity index (χ2v) is 6.78. The molecule has 0 unspecified atom stereocenters. The van der Waals surface area contributed by atoms with Crippen LogP contribution in [0.5, 0.6) is 0 Å². The lowest BCUT2D eigenvalue weighted by molar-refractivity contribution is 0.0158. The fourth-order valence-electron chi connectivity index (χ4n) is 2.34. The highest BCUT2D eigenvalue weighted by atomic mass is 35.5. The lowest BCUT2D eigenvalue weighted by Crippen LogP contribution is -2.55. The van der Waals surface area contributed by atoms with Crippen LogP contribution in [0.2, 0.25) is 5.15 Å². The van der Waals surface area contributed by atoms with Gasteiger partial charge in [-0.25, -0.2) is 9.78 Å². The van der Waals surface area contributed by atoms with E-state index in [9.17, 15) is 4.79 Å². The first-order chi connectivity index (χ1) is 10.7. The quantitative estimate of drug-likeness (QED) is 0.737. The highest BCUT2D eigenvalue weighted by Crippen LogP contribution is 2.25. The third-order valence-electron chi connectivity index (χ3n) is 3.38. The van der Waals surface area contributed by atoms with Crippen molar-refractivity contribution in [1.82, 2.24) is 14.9 Å². The van der Waals surface area contributed by atoms with Gasteiger partial charge in [0.25, 0.3) is 0 Å². The van der Waals surface area contributed by atoms with Gasteiger partial charge in [-0.05, 0) is 27.7 Å². The molecule has 0 saturated carbocycles. The SMILES string of the molecule is [C-]#[N+]c1ncc(N2CCN(C(=O)OC(C)(C)C)[C@H](C)C2)nc1Cl. The van der Waals surface area contributed by atoms with Gasteiger partial charge in [0.2, 0.25) is 0 Å². The predicted octanol–water partition coefficient (Wildman–Crippen LogP) is 3.13. The van der Waals surface area contributed by atoms with Gasteiger partial charge in [0.05, 0.1) is 0 Å². The molecule has 7 nitrogen and oxygen atoms in total. The zero-order valence-corrected chi connectivity index (χ0v) is 14.5. The smallest absolute Gasteiger partial charge is 0.410 e. The molecule has 1 saturated heterocycles. The molecule has 1 atom stereocenters. The van der Waals surface area contributed by atoms with E-state index in [0.717, 1.165) is 0 Å². The molecular weight excluding hydrogens is 318 g/mol. The second kappa shape index (κ2) is 6.59. The van der Waals surface area contributed by atoms with Crippen LogP contribution in [0.25, 0.3) is 4.85 Å². The number of piperazine rings is 1. The largest absolute Gasteiger partial charge is 0.444 e. The first kappa shape index (κ1) is 17.3. The van der Waals surface area contributed by atoms with Gasteiger partial charge >= 0.3 is 11.9 Å². The molecule has 0 radical (unpaired) electrons. The Balaban J connectivity index is 2.05. The Morgan fingerprint density at radius 1 is 1.48 bits per heavy atom. The zero-order chi connectivity index (χ0) is 17.2. The van der Waals surface area contributed by atoms with E-state index in [2.05, 4.69) is 14.8 Å². The summed E-state index contributed by atoms with van der Waals surface area (Å²) in [7, 11) is 0. The molecule has 2 heterocycles. The van der Waals surface area contributed by atoms with Crippen molar-refractivity contribution in [3.63, 3.8) is 0 Å². The molecule has 0 aliphatic carbocycles. The van der Waals surface area contributed by atoms with Crippen molar-refractivity contribution in [2.75, 3.05) is 24.5 Å². The maximum Gasteiger partial charge on any atom is 0.410 e. The fourth-order valence-corrected chi connectivity index (χ4v) is 2.51. The van der Waals surface area contributed by atoms with E-state index in [1.807, 2.05) is 32.6 Å². The molecule has 1 fully saturated rings. The van der Waals surface area contributed by atoms with Crippen molar-refractivity contribution in [2.24, 2.45) is 0 Å². The Kier molecular flexibility index (Phi) is 4.95. The van der Waals surface area contributed by atoms with Crippen LogP contribution in [0.3, 0.4) is 0 Å². The van der Waals surface area contributed by atoms with Gasteiger partial charge in [0, 0.05) is 25.7 Å². The van der Waals surface area contributed by atoms with Crippen molar-refractivity contribution in [1.29, 1.82) is 0 Å². The summed E-state index contributed by atoms with van der Waals surface area (Å²) >= 11 is 5.94. The molecular formula is C15H20ClN5O2. The van der Waals surface area contributed by atoms with Crippen molar-refractivity contribution in [3.05, 3.63) is 22.8 Å². The van der Waals surface area contributed by atoms with Gasteiger partial charge in [-0.1, -0.05) is 18.2 Å². The van der Waals surface area contributed by atoms with E-state index in [0.29, 0.717) is 25.5 Å². The number of rotatable bonds is 1. The predicted molar refractivity (Wildman–Crippen MR) is 87.9 cm³/mol. The van der Waals surface area contributed by atoms with E-state index < -0.39 is 5.60 Å². The maximum atomic E-state index is 12.2. The number of carbonyl (C=O) groups excluding carboxylic acids is 1. The summed E-state index contributed by atoms with van der Waals surface area (Å²) in [5, 5.41) is 0.0970. The number of aromatic nitrogens is 2. The minimum Gasteiger partial charge on any atom is -0.444 e. The van der Waals surface area contributed by atoms with Gasteiger partial charge in [-0.3, -0.25) is 0 Å². The van der Waals surface area contributed by atoms with Gasteiger partial charge < -0.3 is 19.4 Å². The van der Waals surface area contributed by atoms with E-state index in [-0.39, 0.29) is 23.1 Å². The maximum absolute atomic E-state index is 12.2. The summed E-state index contributed by atoms with van der Waals surface area (Å²) < 4.78 is 5.42. The summed E-state index contributed by atoms with van der Waals surface area (Å²) in [6, 6.07) is -0.0280. The van der Waals surface area contributed by atoms with Crippen LogP contribution in [0.1, 0.15) is 27.7 Å². The van der Waals surface area contributed by atoms with Crippen LogP contribution in [0, 0.1) is 6.57 Å². The molecule has 1 aliphatic heterocycles. The fraction of sp³-hybridized carbons (Fsp3) is 0.600. The zero-order valence-electron chi connectivity index (χ0n) is 13.7. The molecule has 0 bridgehead atoms. The second-order valence-electron chi connectivity index (χ2n) is 6.42. The minimum atomic E-state index is -0.511. The van der Waals surface area contributed by atoms with E-state index in [1.165, 1.54) is 6.20 Å². The molecule has 124 valence electrons. The highest BCUT2D eigenvalue weighted by Gasteiger charge is 2.31. The number of carbonyl (C=O) groups is 1. The number of ether oxygens (including phenoxy) is 1. The lowest BCUT2D eigenvalue weighted by atomic mass is 10.2. The van der Waals surface area contributed by atoms with Crippen LogP contribution in [0.4, 0.5) is 16.4 Å². The first-order valence-corrected chi connectivity index (χ1v) is 7.73. The highest BCUT2D eigenvalue weighted by molar-refractivity contribution is 6.31. The molecule has 1 amide bonds. The van der Waals surface area contributed by atoms with Gasteiger partial charge in [-0.15, -0.1) is 4.98 Å². The number of anilines is 1. The summed E-state index contributed by atoms with van der Waals surface area (Å²) in [5.41, 5.74) is -0.511. The number of hydrogen-bond acceptors (Lipinski definition) is 5. The molecule has 0 spiro atoms. The van der Waals surface area contributed by atoms with Crippen LogP contribution >= 0.6 is 11.6 Å². The van der Waals surface area contributed by atoms with Crippen molar-refractivity contribution in [2.45, 2.75) is 39.3 Å². The standard InChI is InChI=1S/C15H20ClN5O2/c1-10-9-20(11-8-18-13(17-5)12(16)19-11)6-7-21(10)14(22)23-15(2,3)4/h8,10H,6-7,9H2,1-4H3/t10-/m1/s1. The number of amides is 1. The summed E-state index contributed by atoms with van der Waals surface area (Å²) in [5.74, 6) is 0.703. The van der Waals surface area contributed by atoms with Gasteiger partial charge in [0.15, 0.2) is 17.2 Å². The summed E-state index contributed by atoms with van der Waals surface area (Å²) in [6.07, 6.45) is 1.23.